The second kappa shape index (κ2) is 13.2. The van der Waals surface area contributed by atoms with Crippen LogP contribution in [-0.2, 0) is 11.2 Å². The van der Waals surface area contributed by atoms with Gasteiger partial charge in [-0.2, -0.15) is 0 Å². The minimum Gasteiger partial charge on any atom is -0.495 e. The largest absolute Gasteiger partial charge is 0.495 e. The fourth-order valence-corrected chi connectivity index (χ4v) is 8.21. The lowest BCUT2D eigenvalue weighted by molar-refractivity contribution is -0.143. The predicted molar refractivity (Wildman–Crippen MR) is 177 cm³/mol. The van der Waals surface area contributed by atoms with E-state index in [9.17, 15) is 4.79 Å². The third-order valence-electron chi connectivity index (χ3n) is 9.68. The summed E-state index contributed by atoms with van der Waals surface area (Å²) in [7, 11) is 3.23. The molecule has 1 amide bonds. The van der Waals surface area contributed by atoms with Crippen molar-refractivity contribution in [1.82, 2.24) is 10.2 Å². The lowest BCUT2D eigenvalue weighted by atomic mass is 9.76. The molecule has 3 fully saturated rings. The Morgan fingerprint density at radius 1 is 1.12 bits per heavy atom. The van der Waals surface area contributed by atoms with Gasteiger partial charge >= 0.3 is 0 Å². The number of carbonyl (C=O) groups excluding carboxylic acids is 1. The Hall–Kier alpha value is -3.25. The summed E-state index contributed by atoms with van der Waals surface area (Å²) in [6, 6.07) is 13.3. The normalized spacial score (nSPS) is 21.5. The van der Waals surface area contributed by atoms with Gasteiger partial charge in [0.1, 0.15) is 5.75 Å². The first-order chi connectivity index (χ1) is 21.0. The molecule has 0 atom stereocenters. The van der Waals surface area contributed by atoms with E-state index in [2.05, 4.69) is 57.8 Å². The number of ether oxygens (including phenoxy) is 2. The highest BCUT2D eigenvalue weighted by Crippen LogP contribution is 2.41. The molecule has 2 saturated heterocycles. The van der Waals surface area contributed by atoms with Crippen molar-refractivity contribution in [2.75, 3.05) is 57.6 Å². The van der Waals surface area contributed by atoms with Crippen LogP contribution in [0.4, 0.5) is 11.4 Å². The number of carbonyl (C=O) groups is 1. The van der Waals surface area contributed by atoms with E-state index in [1.54, 1.807) is 37.6 Å². The van der Waals surface area contributed by atoms with Gasteiger partial charge < -0.3 is 30.3 Å². The van der Waals surface area contributed by atoms with Crippen LogP contribution >= 0.6 is 11.3 Å². The summed E-state index contributed by atoms with van der Waals surface area (Å²) in [6.45, 7) is 7.16. The van der Waals surface area contributed by atoms with Crippen LogP contribution in [0, 0.1) is 17.3 Å². The summed E-state index contributed by atoms with van der Waals surface area (Å²) in [6.07, 6.45) is 8.59. The van der Waals surface area contributed by atoms with Gasteiger partial charge in [0.2, 0.25) is 0 Å². The number of piperidine rings is 1. The van der Waals surface area contributed by atoms with Crippen molar-refractivity contribution in [3.63, 3.8) is 0 Å². The Morgan fingerprint density at radius 3 is 2.58 bits per heavy atom. The van der Waals surface area contributed by atoms with Crippen LogP contribution in [-0.4, -0.2) is 69.9 Å². The molecule has 8 heteroatoms. The van der Waals surface area contributed by atoms with Crippen LogP contribution in [0.5, 0.6) is 5.75 Å². The zero-order valence-electron chi connectivity index (χ0n) is 25.7. The summed E-state index contributed by atoms with van der Waals surface area (Å²) in [5, 5.41) is 11.2. The van der Waals surface area contributed by atoms with E-state index in [1.807, 2.05) is 6.07 Å². The number of aryl methyl sites for hydroxylation is 1. The van der Waals surface area contributed by atoms with Crippen molar-refractivity contribution in [1.29, 1.82) is 0 Å². The van der Waals surface area contributed by atoms with Gasteiger partial charge in [0.15, 0.2) is 0 Å². The highest BCUT2D eigenvalue weighted by molar-refractivity contribution is 7.20. The molecule has 7 nitrogen and oxygen atoms in total. The minimum atomic E-state index is -0.140. The van der Waals surface area contributed by atoms with Crippen molar-refractivity contribution in [2.45, 2.75) is 64.0 Å². The molecule has 3 heterocycles. The summed E-state index contributed by atoms with van der Waals surface area (Å²) in [5.74, 6) is 7.25. The van der Waals surface area contributed by atoms with Crippen LogP contribution in [0.2, 0.25) is 0 Å². The zero-order chi connectivity index (χ0) is 29.8. The molecule has 0 unspecified atom stereocenters. The van der Waals surface area contributed by atoms with Gasteiger partial charge in [0.25, 0.3) is 5.91 Å². The van der Waals surface area contributed by atoms with E-state index in [-0.39, 0.29) is 5.91 Å². The molecule has 228 valence electrons. The monoisotopic (exact) mass is 600 g/mol. The molecule has 2 aromatic carbocycles. The Bertz CT molecular complexity index is 1500. The highest BCUT2D eigenvalue weighted by atomic mass is 32.1. The number of fused-ring (bicyclic) bond motifs is 1. The fourth-order valence-electron chi connectivity index (χ4n) is 6.97. The third-order valence-corrected chi connectivity index (χ3v) is 10.9. The number of hydrogen-bond acceptors (Lipinski definition) is 7. The number of likely N-dealkylation sites (tertiary alicyclic amines) is 1. The van der Waals surface area contributed by atoms with Crippen LogP contribution in [0.15, 0.2) is 36.4 Å². The van der Waals surface area contributed by atoms with Gasteiger partial charge in [-0.1, -0.05) is 30.9 Å². The quantitative estimate of drug-likeness (QED) is 0.270. The van der Waals surface area contributed by atoms with Gasteiger partial charge in [0.05, 0.1) is 47.8 Å². The van der Waals surface area contributed by atoms with E-state index >= 15 is 0 Å². The summed E-state index contributed by atoms with van der Waals surface area (Å²) >= 11 is 1.80. The number of nitrogens with one attached hydrogen (secondary N) is 3. The third kappa shape index (κ3) is 6.35. The van der Waals surface area contributed by atoms with E-state index < -0.39 is 0 Å². The lowest BCUT2D eigenvalue weighted by Gasteiger charge is -2.49. The molecule has 1 aliphatic carbocycles. The smallest absolute Gasteiger partial charge is 0.251 e. The van der Waals surface area contributed by atoms with Crippen molar-refractivity contribution < 1.29 is 14.3 Å². The number of nitrogens with zero attached hydrogens (tertiary/aromatic N) is 1. The van der Waals surface area contributed by atoms with E-state index in [4.69, 9.17) is 9.47 Å². The van der Waals surface area contributed by atoms with Crippen molar-refractivity contribution >= 4 is 38.7 Å². The Kier molecular flexibility index (Phi) is 9.13. The molecule has 3 aromatic rings. The number of hydrogen-bond donors (Lipinski definition) is 3. The second-order valence-corrected chi connectivity index (χ2v) is 13.3. The maximum Gasteiger partial charge on any atom is 0.251 e. The number of amides is 1. The molecule has 3 aliphatic rings. The van der Waals surface area contributed by atoms with Crippen LogP contribution < -0.4 is 20.7 Å². The summed E-state index contributed by atoms with van der Waals surface area (Å²) < 4.78 is 12.3. The number of rotatable bonds is 8. The first-order valence-electron chi connectivity index (χ1n) is 15.8. The SMILES string of the molecule is CCc1c(C#CCNc2ccc(C(=O)NC)cc2OC)sc2c(NC3CCC(N4CCC5(CC4)COC5)CC3)cccc12. The molecule has 0 radical (unpaired) electrons. The number of thiophene rings is 1. The number of benzene rings is 2. The molecule has 43 heavy (non-hydrogen) atoms. The molecular formula is C35H44N4O3S. The van der Waals surface area contributed by atoms with E-state index in [1.165, 1.54) is 73.0 Å². The van der Waals surface area contributed by atoms with Crippen molar-refractivity contribution in [3.8, 4) is 17.6 Å². The second-order valence-electron chi connectivity index (χ2n) is 12.3. The number of methoxy groups -OCH3 is 1. The van der Waals surface area contributed by atoms with Gasteiger partial charge in [-0.15, -0.1) is 11.3 Å². The topological polar surface area (TPSA) is 74.9 Å². The minimum absolute atomic E-state index is 0.140. The molecule has 6 rings (SSSR count). The lowest BCUT2D eigenvalue weighted by Crippen LogP contribution is -2.53. The maximum absolute atomic E-state index is 12.0. The van der Waals surface area contributed by atoms with Crippen LogP contribution in [0.1, 0.15) is 66.2 Å². The number of anilines is 2. The Morgan fingerprint density at radius 2 is 1.91 bits per heavy atom. The first kappa shape index (κ1) is 29.8. The average molecular weight is 601 g/mol. The van der Waals surface area contributed by atoms with Crippen molar-refractivity contribution in [2.24, 2.45) is 5.41 Å². The Balaban J connectivity index is 1.08. The van der Waals surface area contributed by atoms with Crippen molar-refractivity contribution in [3.05, 3.63) is 52.4 Å². The molecule has 1 saturated carbocycles. The van der Waals surface area contributed by atoms with Gasteiger partial charge in [-0.05, 0) is 93.3 Å². The summed E-state index contributed by atoms with van der Waals surface area (Å²) in [5.41, 5.74) is 4.46. The molecule has 1 aromatic heterocycles. The highest BCUT2D eigenvalue weighted by Gasteiger charge is 2.42. The van der Waals surface area contributed by atoms with Gasteiger partial charge in [0, 0.05) is 30.1 Å². The van der Waals surface area contributed by atoms with Crippen LogP contribution in [0.3, 0.4) is 0 Å². The molecule has 3 N–H and O–H groups in total. The summed E-state index contributed by atoms with van der Waals surface area (Å²) in [4.78, 5) is 15.9. The van der Waals surface area contributed by atoms with Gasteiger partial charge in [-0.25, -0.2) is 0 Å². The Labute approximate surface area is 259 Å². The molecule has 1 spiro atoms. The fraction of sp³-hybridized carbons (Fsp3) is 0.514. The molecule has 0 bridgehead atoms. The standard InChI is InChI=1S/C35H44N4O3S/c1-4-27-28-7-5-8-30(38-25-11-13-26(14-12-25)39-19-16-35(17-20-39)22-42-23-35)33(28)43-32(27)9-6-18-37-29-15-10-24(34(40)36-2)21-31(29)41-3/h5,7-8,10,15,21,25-26,37-38H,4,11-14,16-20,22-23H2,1-3H3,(H,36,40). The first-order valence-corrected chi connectivity index (χ1v) is 16.6. The van der Waals surface area contributed by atoms with Crippen LogP contribution in [0.25, 0.3) is 10.1 Å². The van der Waals surface area contributed by atoms with E-state index in [0.717, 1.165) is 36.2 Å². The predicted octanol–water partition coefficient (Wildman–Crippen LogP) is 6.13. The zero-order valence-corrected chi connectivity index (χ0v) is 26.5. The molecular weight excluding hydrogens is 556 g/mol. The van der Waals surface area contributed by atoms with E-state index in [0.29, 0.717) is 29.3 Å². The van der Waals surface area contributed by atoms with Gasteiger partial charge in [-0.3, -0.25) is 4.79 Å². The average Bonchev–Trinajstić information content (AvgIpc) is 3.40. The molecule has 2 aliphatic heterocycles. The maximum atomic E-state index is 12.0.